The first-order chi connectivity index (χ1) is 8.62. The van der Waals surface area contributed by atoms with Crippen molar-refractivity contribution in [2.75, 3.05) is 7.05 Å². The average Bonchev–Trinajstić information content (AvgIpc) is 2.26. The minimum Gasteiger partial charge on any atom is -0.316 e. The zero-order valence-electron chi connectivity index (χ0n) is 11.9. The van der Waals surface area contributed by atoms with E-state index in [1.165, 1.54) is 5.56 Å². The van der Waals surface area contributed by atoms with Gasteiger partial charge >= 0.3 is 6.18 Å². The summed E-state index contributed by atoms with van der Waals surface area (Å²) in [6, 6.07) is 7.26. The van der Waals surface area contributed by atoms with Crippen LogP contribution in [0.3, 0.4) is 0 Å². The number of nitrogens with one attached hydrogen (secondary N) is 1. The summed E-state index contributed by atoms with van der Waals surface area (Å²) < 4.78 is 37.1. The second kappa shape index (κ2) is 5.95. The summed E-state index contributed by atoms with van der Waals surface area (Å²) in [4.78, 5) is 0. The lowest BCUT2D eigenvalue weighted by Crippen LogP contribution is -2.32. The third kappa shape index (κ3) is 5.64. The lowest BCUT2D eigenvalue weighted by molar-refractivity contribution is -0.139. The van der Waals surface area contributed by atoms with E-state index in [1.54, 1.807) is 7.05 Å². The van der Waals surface area contributed by atoms with Gasteiger partial charge in [-0.2, -0.15) is 13.2 Å². The third-order valence-electron chi connectivity index (χ3n) is 3.19. The Morgan fingerprint density at radius 3 is 1.95 bits per heavy atom. The zero-order chi connectivity index (χ0) is 14.7. The first kappa shape index (κ1) is 16.0. The Morgan fingerprint density at radius 2 is 1.58 bits per heavy atom. The maximum atomic E-state index is 12.4. The van der Waals surface area contributed by atoms with Crippen LogP contribution in [0.15, 0.2) is 24.3 Å². The van der Waals surface area contributed by atoms with Gasteiger partial charge in [0.1, 0.15) is 0 Å². The molecule has 1 nitrogen and oxygen atoms in total. The summed E-state index contributed by atoms with van der Waals surface area (Å²) in [6.07, 6.45) is -4.54. The third-order valence-corrected chi connectivity index (χ3v) is 3.19. The van der Waals surface area contributed by atoms with Gasteiger partial charge in [0.15, 0.2) is 0 Å². The summed E-state index contributed by atoms with van der Waals surface area (Å²) in [6.45, 7) is 6.34. The van der Waals surface area contributed by atoms with Crippen LogP contribution >= 0.6 is 0 Å². The Balaban J connectivity index is 2.71. The number of halogens is 3. The van der Waals surface area contributed by atoms with Crippen LogP contribution in [-0.2, 0) is 11.8 Å². The van der Waals surface area contributed by atoms with Gasteiger partial charge in [0.2, 0.25) is 0 Å². The molecule has 0 saturated carbocycles. The van der Waals surface area contributed by atoms with Gasteiger partial charge in [0.05, 0.1) is 6.42 Å². The van der Waals surface area contributed by atoms with E-state index in [0.717, 1.165) is 5.56 Å². The van der Waals surface area contributed by atoms with Crippen LogP contribution in [0.25, 0.3) is 0 Å². The van der Waals surface area contributed by atoms with Gasteiger partial charge in [-0.3, -0.25) is 0 Å². The van der Waals surface area contributed by atoms with Crippen molar-refractivity contribution in [2.24, 2.45) is 0 Å². The van der Waals surface area contributed by atoms with Crippen LogP contribution in [0.4, 0.5) is 13.2 Å². The molecule has 0 aromatic heterocycles. The van der Waals surface area contributed by atoms with Gasteiger partial charge in [-0.15, -0.1) is 0 Å². The minimum atomic E-state index is -4.13. The van der Waals surface area contributed by atoms with E-state index in [2.05, 4.69) is 26.1 Å². The second-order valence-electron chi connectivity index (χ2n) is 5.96. The van der Waals surface area contributed by atoms with E-state index in [9.17, 15) is 13.2 Å². The molecule has 0 aliphatic heterocycles. The van der Waals surface area contributed by atoms with Crippen LogP contribution in [0.5, 0.6) is 0 Å². The van der Waals surface area contributed by atoms with Crippen LogP contribution in [0.2, 0.25) is 0 Å². The van der Waals surface area contributed by atoms with Crippen molar-refractivity contribution in [2.45, 2.75) is 51.2 Å². The molecule has 0 saturated heterocycles. The largest absolute Gasteiger partial charge is 0.390 e. The van der Waals surface area contributed by atoms with Gasteiger partial charge in [0.25, 0.3) is 0 Å². The van der Waals surface area contributed by atoms with Crippen LogP contribution < -0.4 is 5.32 Å². The highest BCUT2D eigenvalue weighted by Gasteiger charge is 2.31. The predicted octanol–water partition coefficient (Wildman–Crippen LogP) is 4.07. The summed E-state index contributed by atoms with van der Waals surface area (Å²) in [5.74, 6) is 0. The molecule has 1 rings (SSSR count). The lowest BCUT2D eigenvalue weighted by Gasteiger charge is -2.21. The van der Waals surface area contributed by atoms with Gasteiger partial charge in [-0.25, -0.2) is 0 Å². The molecular weight excluding hydrogens is 251 g/mol. The second-order valence-corrected chi connectivity index (χ2v) is 5.96. The fourth-order valence-corrected chi connectivity index (χ4v) is 1.98. The molecule has 108 valence electrons. The molecule has 0 aliphatic rings. The number of hydrogen-bond acceptors (Lipinski definition) is 1. The molecule has 0 fully saturated rings. The molecule has 4 heteroatoms. The number of hydrogen-bond donors (Lipinski definition) is 1. The highest BCUT2D eigenvalue weighted by molar-refractivity contribution is 5.28. The van der Waals surface area contributed by atoms with Gasteiger partial charge < -0.3 is 5.32 Å². The summed E-state index contributed by atoms with van der Waals surface area (Å²) in [5.41, 5.74) is 2.18. The molecule has 0 radical (unpaired) electrons. The number of rotatable bonds is 4. The Bertz CT molecular complexity index is 387. The molecule has 0 spiro atoms. The van der Waals surface area contributed by atoms with Gasteiger partial charge in [0, 0.05) is 6.04 Å². The number of likely N-dealkylation sites (N-methyl/N-ethyl adjacent to an activating group) is 1. The molecule has 0 aliphatic carbocycles. The zero-order valence-corrected chi connectivity index (χ0v) is 11.9. The van der Waals surface area contributed by atoms with E-state index in [4.69, 9.17) is 0 Å². The molecule has 1 aromatic carbocycles. The Kier molecular flexibility index (Phi) is 5.02. The normalized spacial score (nSPS) is 14.5. The molecule has 1 atom stereocenters. The number of benzene rings is 1. The summed E-state index contributed by atoms with van der Waals surface area (Å²) in [7, 11) is 1.57. The van der Waals surface area contributed by atoms with E-state index in [1.807, 2.05) is 24.3 Å². The minimum absolute atomic E-state index is 0.0624. The van der Waals surface area contributed by atoms with Crippen LogP contribution in [-0.4, -0.2) is 19.3 Å². The quantitative estimate of drug-likeness (QED) is 0.872. The Morgan fingerprint density at radius 1 is 1.05 bits per heavy atom. The topological polar surface area (TPSA) is 12.0 Å². The molecule has 0 heterocycles. The summed E-state index contributed by atoms with van der Waals surface area (Å²) >= 11 is 0. The van der Waals surface area contributed by atoms with Crippen LogP contribution in [0.1, 0.15) is 38.3 Å². The SMILES string of the molecule is CNC(Cc1ccc(C(C)(C)C)cc1)CC(F)(F)F. The van der Waals surface area contributed by atoms with Crippen LogP contribution in [0, 0.1) is 0 Å². The standard InChI is InChI=1S/C15H22F3N/c1-14(2,3)12-7-5-11(6-8-12)9-13(19-4)10-15(16,17)18/h5-8,13,19H,9-10H2,1-4H3. The highest BCUT2D eigenvalue weighted by atomic mass is 19.4. The van der Waals surface area contributed by atoms with Crippen molar-refractivity contribution in [3.63, 3.8) is 0 Å². The first-order valence-electron chi connectivity index (χ1n) is 6.45. The van der Waals surface area contributed by atoms with Crippen molar-refractivity contribution in [3.8, 4) is 0 Å². The highest BCUT2D eigenvalue weighted by Crippen LogP contribution is 2.25. The molecule has 19 heavy (non-hydrogen) atoms. The predicted molar refractivity (Wildman–Crippen MR) is 72.4 cm³/mol. The van der Waals surface area contributed by atoms with Crippen molar-refractivity contribution in [1.82, 2.24) is 5.32 Å². The van der Waals surface area contributed by atoms with Crippen molar-refractivity contribution in [1.29, 1.82) is 0 Å². The van der Waals surface area contributed by atoms with Gasteiger partial charge in [-0.05, 0) is 30.0 Å². The lowest BCUT2D eigenvalue weighted by atomic mass is 9.86. The van der Waals surface area contributed by atoms with Gasteiger partial charge in [-0.1, -0.05) is 45.0 Å². The monoisotopic (exact) mass is 273 g/mol. The van der Waals surface area contributed by atoms with Crippen molar-refractivity contribution < 1.29 is 13.2 Å². The molecule has 1 N–H and O–H groups in total. The maximum Gasteiger partial charge on any atom is 0.390 e. The van der Waals surface area contributed by atoms with Crippen molar-refractivity contribution in [3.05, 3.63) is 35.4 Å². The average molecular weight is 273 g/mol. The molecular formula is C15H22F3N. The summed E-state index contributed by atoms with van der Waals surface area (Å²) in [5, 5.41) is 2.73. The number of alkyl halides is 3. The fourth-order valence-electron chi connectivity index (χ4n) is 1.98. The molecule has 1 unspecified atom stereocenters. The smallest absolute Gasteiger partial charge is 0.316 e. The maximum absolute atomic E-state index is 12.4. The molecule has 1 aromatic rings. The Labute approximate surface area is 113 Å². The Hall–Kier alpha value is -1.03. The first-order valence-corrected chi connectivity index (χ1v) is 6.45. The van der Waals surface area contributed by atoms with E-state index >= 15 is 0 Å². The van der Waals surface area contributed by atoms with Crippen molar-refractivity contribution >= 4 is 0 Å². The fraction of sp³-hybridized carbons (Fsp3) is 0.600. The van der Waals surface area contributed by atoms with E-state index in [-0.39, 0.29) is 5.41 Å². The van der Waals surface area contributed by atoms with E-state index < -0.39 is 18.6 Å². The van der Waals surface area contributed by atoms with E-state index in [0.29, 0.717) is 6.42 Å². The molecule has 0 bridgehead atoms. The molecule has 0 amide bonds.